The summed E-state index contributed by atoms with van der Waals surface area (Å²) in [5.74, 6) is 0.446. The Hall–Kier alpha value is -4.24. The number of aromatic nitrogens is 2. The zero-order chi connectivity index (χ0) is 25.4. The smallest absolute Gasteiger partial charge is 0.263 e. The van der Waals surface area contributed by atoms with Gasteiger partial charge in [0.05, 0.1) is 17.7 Å². The lowest BCUT2D eigenvalue weighted by Gasteiger charge is -2.16. The average molecular weight is 504 g/mol. The lowest BCUT2D eigenvalue weighted by molar-refractivity contribution is 0.416. The molecule has 0 atom stereocenters. The van der Waals surface area contributed by atoms with E-state index in [0.29, 0.717) is 22.4 Å². The average Bonchev–Trinajstić information content (AvgIpc) is 3.37. The van der Waals surface area contributed by atoms with Crippen LogP contribution in [-0.2, 0) is 10.0 Å². The maximum atomic E-state index is 13.8. The summed E-state index contributed by atoms with van der Waals surface area (Å²) in [6.07, 6.45) is 2.92. The second kappa shape index (κ2) is 9.09. The Labute approximate surface area is 207 Å². The molecule has 0 radical (unpaired) electrons. The summed E-state index contributed by atoms with van der Waals surface area (Å²) in [6, 6.07) is 16.9. The van der Waals surface area contributed by atoms with Crippen molar-refractivity contribution >= 4 is 26.6 Å². The standard InChI is InChI=1S/C27H22FN3O4S/c1-16-13-23(25(34-3)15-22(16)18-4-7-24(28)17(2)12-18)27-21-6-5-20(14-19(21)8-10-29-27)36(32,33)31-26-9-11-35-30-26/h4-15H,1-3H3,(H,30,31). The van der Waals surface area contributed by atoms with Crippen molar-refractivity contribution in [2.45, 2.75) is 18.7 Å². The molecule has 2 heterocycles. The molecule has 0 fully saturated rings. The Morgan fingerprint density at radius 1 is 0.944 bits per heavy atom. The number of benzene rings is 3. The second-order valence-electron chi connectivity index (χ2n) is 8.36. The van der Waals surface area contributed by atoms with Crippen molar-refractivity contribution in [1.82, 2.24) is 10.1 Å². The van der Waals surface area contributed by atoms with Crippen molar-refractivity contribution in [1.29, 1.82) is 0 Å². The van der Waals surface area contributed by atoms with Gasteiger partial charge in [-0.05, 0) is 84.0 Å². The minimum Gasteiger partial charge on any atom is -0.496 e. The maximum Gasteiger partial charge on any atom is 0.263 e. The molecule has 0 aliphatic rings. The summed E-state index contributed by atoms with van der Waals surface area (Å²) in [4.78, 5) is 4.67. The van der Waals surface area contributed by atoms with Crippen molar-refractivity contribution in [3.63, 3.8) is 0 Å². The number of nitrogens with zero attached hydrogens (tertiary/aromatic N) is 2. The predicted octanol–water partition coefficient (Wildman–Crippen LogP) is 6.12. The van der Waals surface area contributed by atoms with Gasteiger partial charge in [-0.2, -0.15) is 0 Å². The molecule has 0 amide bonds. The molecule has 182 valence electrons. The number of hydrogen-bond donors (Lipinski definition) is 1. The van der Waals surface area contributed by atoms with E-state index in [9.17, 15) is 12.8 Å². The number of fused-ring (bicyclic) bond motifs is 1. The first-order valence-electron chi connectivity index (χ1n) is 11.0. The highest BCUT2D eigenvalue weighted by Gasteiger charge is 2.19. The molecule has 5 aromatic rings. The molecule has 9 heteroatoms. The third kappa shape index (κ3) is 4.29. The van der Waals surface area contributed by atoms with Gasteiger partial charge in [-0.25, -0.2) is 12.8 Å². The molecule has 36 heavy (non-hydrogen) atoms. The Morgan fingerprint density at radius 3 is 2.50 bits per heavy atom. The number of anilines is 1. The zero-order valence-electron chi connectivity index (χ0n) is 19.7. The molecular formula is C27H22FN3O4S. The van der Waals surface area contributed by atoms with Crippen LogP contribution in [0.2, 0.25) is 0 Å². The van der Waals surface area contributed by atoms with Crippen molar-refractivity contribution < 1.29 is 22.1 Å². The highest BCUT2D eigenvalue weighted by Crippen LogP contribution is 2.39. The van der Waals surface area contributed by atoms with E-state index in [2.05, 4.69) is 14.9 Å². The number of rotatable bonds is 6. The first-order chi connectivity index (χ1) is 17.3. The van der Waals surface area contributed by atoms with Gasteiger partial charge in [0.25, 0.3) is 10.0 Å². The summed E-state index contributed by atoms with van der Waals surface area (Å²) in [6.45, 7) is 3.71. The molecule has 7 nitrogen and oxygen atoms in total. The quantitative estimate of drug-likeness (QED) is 0.300. The maximum absolute atomic E-state index is 13.8. The third-order valence-electron chi connectivity index (χ3n) is 5.99. The molecular weight excluding hydrogens is 481 g/mol. The van der Waals surface area contributed by atoms with E-state index >= 15 is 0 Å². The summed E-state index contributed by atoms with van der Waals surface area (Å²) in [7, 11) is -2.28. The van der Waals surface area contributed by atoms with Gasteiger partial charge >= 0.3 is 0 Å². The predicted molar refractivity (Wildman–Crippen MR) is 136 cm³/mol. The van der Waals surface area contributed by atoms with Crippen molar-refractivity contribution in [2.75, 3.05) is 11.8 Å². The second-order valence-corrected chi connectivity index (χ2v) is 10.0. The van der Waals surface area contributed by atoms with Crippen LogP contribution in [0.15, 0.2) is 82.5 Å². The third-order valence-corrected chi connectivity index (χ3v) is 7.35. The summed E-state index contributed by atoms with van der Waals surface area (Å²) < 4.78 is 52.2. The van der Waals surface area contributed by atoms with Crippen molar-refractivity contribution in [2.24, 2.45) is 0 Å². The molecule has 5 rings (SSSR count). The first-order valence-corrected chi connectivity index (χ1v) is 12.5. The van der Waals surface area contributed by atoms with E-state index in [1.807, 2.05) is 25.1 Å². The van der Waals surface area contributed by atoms with Crippen LogP contribution in [0.3, 0.4) is 0 Å². The summed E-state index contributed by atoms with van der Waals surface area (Å²) >= 11 is 0. The van der Waals surface area contributed by atoms with E-state index in [1.54, 1.807) is 44.5 Å². The number of methoxy groups -OCH3 is 1. The molecule has 0 aliphatic carbocycles. The highest BCUT2D eigenvalue weighted by atomic mass is 32.2. The Kier molecular flexibility index (Phi) is 5.93. The minimum atomic E-state index is -3.86. The molecule has 1 N–H and O–H groups in total. The molecule has 2 aromatic heterocycles. The lowest BCUT2D eigenvalue weighted by Crippen LogP contribution is -2.13. The van der Waals surface area contributed by atoms with E-state index < -0.39 is 10.0 Å². The van der Waals surface area contributed by atoms with Gasteiger partial charge in [-0.1, -0.05) is 17.3 Å². The van der Waals surface area contributed by atoms with E-state index in [4.69, 9.17) is 9.26 Å². The van der Waals surface area contributed by atoms with Gasteiger partial charge in [-0.15, -0.1) is 0 Å². The molecule has 0 bridgehead atoms. The monoisotopic (exact) mass is 503 g/mol. The van der Waals surface area contributed by atoms with Crippen LogP contribution in [0.25, 0.3) is 33.2 Å². The van der Waals surface area contributed by atoms with E-state index in [0.717, 1.165) is 27.6 Å². The molecule has 0 saturated heterocycles. The lowest BCUT2D eigenvalue weighted by atomic mass is 9.94. The fourth-order valence-corrected chi connectivity index (χ4v) is 5.19. The zero-order valence-corrected chi connectivity index (χ0v) is 20.6. The van der Waals surface area contributed by atoms with E-state index in [-0.39, 0.29) is 16.5 Å². The SMILES string of the molecule is COc1cc(-c2ccc(F)c(C)c2)c(C)cc1-c1nccc2cc(S(=O)(=O)Nc3ccon3)ccc12. The number of sulfonamides is 1. The van der Waals surface area contributed by atoms with Crippen LogP contribution in [-0.4, -0.2) is 25.7 Å². The van der Waals surface area contributed by atoms with Gasteiger partial charge in [0.2, 0.25) is 0 Å². The topological polar surface area (TPSA) is 94.3 Å². The number of hydrogen-bond acceptors (Lipinski definition) is 6. The molecule has 0 saturated carbocycles. The fraction of sp³-hybridized carbons (Fsp3) is 0.111. The van der Waals surface area contributed by atoms with Gasteiger partial charge in [0.15, 0.2) is 5.82 Å². The van der Waals surface area contributed by atoms with Crippen molar-refractivity contribution in [3.05, 3.63) is 90.1 Å². The van der Waals surface area contributed by atoms with Gasteiger partial charge in [0, 0.05) is 23.2 Å². The van der Waals surface area contributed by atoms with Gasteiger partial charge < -0.3 is 9.26 Å². The summed E-state index contributed by atoms with van der Waals surface area (Å²) in [5, 5.41) is 5.06. The Morgan fingerprint density at radius 2 is 1.78 bits per heavy atom. The fourth-order valence-electron chi connectivity index (χ4n) is 4.16. The number of pyridine rings is 1. The number of ether oxygens (including phenoxy) is 1. The molecule has 0 aliphatic heterocycles. The minimum absolute atomic E-state index is 0.0836. The summed E-state index contributed by atoms with van der Waals surface area (Å²) in [5.41, 5.74) is 4.76. The first kappa shape index (κ1) is 23.5. The number of halogens is 1. The Bertz CT molecular complexity index is 1700. The molecule has 0 unspecified atom stereocenters. The molecule has 3 aromatic carbocycles. The Balaban J connectivity index is 1.60. The van der Waals surface area contributed by atoms with Crippen molar-refractivity contribution in [3.8, 4) is 28.1 Å². The van der Waals surface area contributed by atoms with Crippen LogP contribution < -0.4 is 9.46 Å². The molecule has 0 spiro atoms. The normalized spacial score (nSPS) is 11.6. The number of aryl methyl sites for hydroxylation is 2. The van der Waals surface area contributed by atoms with Crippen LogP contribution in [0.4, 0.5) is 10.2 Å². The van der Waals surface area contributed by atoms with Gasteiger partial charge in [0.1, 0.15) is 17.8 Å². The van der Waals surface area contributed by atoms with Gasteiger partial charge in [-0.3, -0.25) is 9.71 Å². The van der Waals surface area contributed by atoms with Crippen LogP contribution >= 0.6 is 0 Å². The van der Waals surface area contributed by atoms with E-state index in [1.165, 1.54) is 24.5 Å². The van der Waals surface area contributed by atoms with Crippen LogP contribution in [0.1, 0.15) is 11.1 Å². The highest BCUT2D eigenvalue weighted by molar-refractivity contribution is 7.92. The van der Waals surface area contributed by atoms with Crippen LogP contribution in [0, 0.1) is 19.7 Å². The van der Waals surface area contributed by atoms with Crippen LogP contribution in [0.5, 0.6) is 5.75 Å². The number of nitrogens with one attached hydrogen (secondary N) is 1. The largest absolute Gasteiger partial charge is 0.496 e.